The molecule has 0 saturated heterocycles. The predicted octanol–water partition coefficient (Wildman–Crippen LogP) is 4.58. The molecule has 36 heavy (non-hydrogen) atoms. The number of carboxylic acid groups (broad SMARTS) is 1. The third kappa shape index (κ3) is 4.66. The van der Waals surface area contributed by atoms with E-state index >= 15 is 0 Å². The second-order valence-electron chi connectivity index (χ2n) is 9.25. The van der Waals surface area contributed by atoms with Crippen molar-refractivity contribution in [2.75, 3.05) is 6.54 Å². The zero-order chi connectivity index (χ0) is 25.2. The van der Waals surface area contributed by atoms with E-state index in [9.17, 15) is 14.7 Å². The van der Waals surface area contributed by atoms with Crippen LogP contribution in [0.3, 0.4) is 0 Å². The molecule has 1 atom stereocenters. The van der Waals surface area contributed by atoms with Crippen molar-refractivity contribution in [2.24, 2.45) is 7.05 Å². The van der Waals surface area contributed by atoms with E-state index in [-0.39, 0.29) is 25.0 Å². The molecule has 0 aliphatic carbocycles. The predicted molar refractivity (Wildman–Crippen MR) is 135 cm³/mol. The molecule has 0 spiro atoms. The van der Waals surface area contributed by atoms with Crippen molar-refractivity contribution >= 4 is 23.1 Å². The van der Waals surface area contributed by atoms with Crippen molar-refractivity contribution in [3.63, 3.8) is 0 Å². The highest BCUT2D eigenvalue weighted by Crippen LogP contribution is 2.35. The van der Waals surface area contributed by atoms with E-state index in [1.807, 2.05) is 68.6 Å². The van der Waals surface area contributed by atoms with Gasteiger partial charge in [0.2, 0.25) is 0 Å². The average molecular weight is 485 g/mol. The van der Waals surface area contributed by atoms with Crippen LogP contribution in [0, 0.1) is 6.92 Å². The molecule has 5 rings (SSSR count). The first-order chi connectivity index (χ1) is 17.4. The van der Waals surface area contributed by atoms with Gasteiger partial charge in [0.1, 0.15) is 12.1 Å². The molecule has 1 N–H and O–H groups in total. The Morgan fingerprint density at radius 2 is 1.89 bits per heavy atom. The van der Waals surface area contributed by atoms with Gasteiger partial charge in [-0.2, -0.15) is 0 Å². The van der Waals surface area contributed by atoms with Crippen LogP contribution < -0.4 is 0 Å². The fourth-order valence-electron chi connectivity index (χ4n) is 4.97. The lowest BCUT2D eigenvalue weighted by atomic mass is 9.83. The highest BCUT2D eigenvalue weighted by atomic mass is 16.6. The summed E-state index contributed by atoms with van der Waals surface area (Å²) in [5.41, 5.74) is 7.55. The number of aliphatic carboxylic acids is 1. The van der Waals surface area contributed by atoms with Crippen LogP contribution in [0.2, 0.25) is 0 Å². The Labute approximate surface area is 209 Å². The van der Waals surface area contributed by atoms with Gasteiger partial charge >= 0.3 is 12.1 Å². The highest BCUT2D eigenvalue weighted by Gasteiger charge is 2.26. The van der Waals surface area contributed by atoms with Crippen molar-refractivity contribution in [2.45, 2.75) is 38.8 Å². The van der Waals surface area contributed by atoms with Gasteiger partial charge in [-0.1, -0.05) is 59.8 Å². The number of ether oxygens (including phenoxy) is 1. The number of benzene rings is 3. The number of rotatable bonds is 6. The van der Waals surface area contributed by atoms with Gasteiger partial charge in [-0.3, -0.25) is 4.79 Å². The van der Waals surface area contributed by atoms with E-state index < -0.39 is 5.97 Å². The number of carboxylic acids is 1. The molecule has 1 amide bonds. The van der Waals surface area contributed by atoms with Gasteiger partial charge in [0.25, 0.3) is 0 Å². The largest absolute Gasteiger partial charge is 0.481 e. The van der Waals surface area contributed by atoms with Crippen molar-refractivity contribution in [3.8, 4) is 0 Å². The maximum atomic E-state index is 12.7. The van der Waals surface area contributed by atoms with Gasteiger partial charge in [-0.15, -0.1) is 5.10 Å². The number of aryl methyl sites for hydroxylation is 2. The number of amides is 1. The number of hydrogen-bond acceptors (Lipinski definition) is 5. The summed E-state index contributed by atoms with van der Waals surface area (Å²) in [6.45, 7) is 3.21. The van der Waals surface area contributed by atoms with Gasteiger partial charge in [0.05, 0.1) is 11.9 Å². The standard InChI is InChI=1S/C28H28N4O4/c1-18-23(10-11-25-27(18)29-30-31(25)2)24(15-26(33)34)21-9-8-20-12-13-32(16-22(20)14-21)28(35)36-17-19-6-4-3-5-7-19/h3-11,14,24H,12-13,15-17H2,1-2H3,(H,33,34). The number of nitrogens with zero attached hydrogens (tertiary/aromatic N) is 4. The molecule has 1 aliphatic heterocycles. The monoisotopic (exact) mass is 484 g/mol. The van der Waals surface area contributed by atoms with E-state index in [1.165, 1.54) is 5.56 Å². The molecule has 0 fully saturated rings. The Hall–Kier alpha value is -4.20. The molecular formula is C28H28N4O4. The molecule has 184 valence electrons. The number of hydrogen-bond donors (Lipinski definition) is 1. The Morgan fingerprint density at radius 3 is 2.67 bits per heavy atom. The molecule has 0 saturated carbocycles. The summed E-state index contributed by atoms with van der Waals surface area (Å²) < 4.78 is 7.25. The summed E-state index contributed by atoms with van der Waals surface area (Å²) in [5, 5.41) is 18.1. The smallest absolute Gasteiger partial charge is 0.410 e. The molecule has 3 aromatic carbocycles. The minimum absolute atomic E-state index is 0.0474. The van der Waals surface area contributed by atoms with Crippen molar-refractivity contribution in [3.05, 3.63) is 94.0 Å². The fourth-order valence-corrected chi connectivity index (χ4v) is 4.97. The molecular weight excluding hydrogens is 456 g/mol. The summed E-state index contributed by atoms with van der Waals surface area (Å²) in [4.78, 5) is 26.3. The van der Waals surface area contributed by atoms with Gasteiger partial charge in [0, 0.05) is 26.1 Å². The van der Waals surface area contributed by atoms with Crippen LogP contribution >= 0.6 is 0 Å². The molecule has 1 unspecified atom stereocenters. The zero-order valence-electron chi connectivity index (χ0n) is 20.3. The molecule has 8 nitrogen and oxygen atoms in total. The van der Waals surface area contributed by atoms with Crippen LogP contribution in [0.5, 0.6) is 0 Å². The van der Waals surface area contributed by atoms with Crippen LogP contribution in [-0.4, -0.2) is 43.6 Å². The average Bonchev–Trinajstić information content (AvgIpc) is 3.27. The maximum Gasteiger partial charge on any atom is 0.410 e. The van der Waals surface area contributed by atoms with Crippen LogP contribution in [0.25, 0.3) is 11.0 Å². The van der Waals surface area contributed by atoms with E-state index in [2.05, 4.69) is 16.4 Å². The highest BCUT2D eigenvalue weighted by molar-refractivity contribution is 5.80. The Morgan fingerprint density at radius 1 is 1.08 bits per heavy atom. The first kappa shape index (κ1) is 23.5. The lowest BCUT2D eigenvalue weighted by Crippen LogP contribution is -2.36. The Balaban J connectivity index is 1.40. The van der Waals surface area contributed by atoms with E-state index in [1.54, 1.807) is 9.58 Å². The SMILES string of the molecule is Cc1c(C(CC(=O)O)c2ccc3c(c2)CN(C(=O)OCc2ccccc2)CC3)ccc2c1nnn2C. The zero-order valence-corrected chi connectivity index (χ0v) is 20.3. The number of carbonyl (C=O) groups is 2. The molecule has 2 heterocycles. The van der Waals surface area contributed by atoms with E-state index in [0.29, 0.717) is 13.1 Å². The Bertz CT molecular complexity index is 1430. The van der Waals surface area contributed by atoms with Crippen molar-refractivity contribution in [1.82, 2.24) is 19.9 Å². The quantitative estimate of drug-likeness (QED) is 0.430. The Kier molecular flexibility index (Phi) is 6.41. The van der Waals surface area contributed by atoms with Gasteiger partial charge in [-0.25, -0.2) is 9.48 Å². The second-order valence-corrected chi connectivity index (χ2v) is 9.25. The maximum absolute atomic E-state index is 12.7. The summed E-state index contributed by atoms with van der Waals surface area (Å²) in [5.74, 6) is -1.22. The summed E-state index contributed by atoms with van der Waals surface area (Å²) >= 11 is 0. The minimum Gasteiger partial charge on any atom is -0.481 e. The summed E-state index contributed by atoms with van der Waals surface area (Å²) in [6.07, 6.45) is 0.333. The van der Waals surface area contributed by atoms with Gasteiger partial charge in [0.15, 0.2) is 0 Å². The first-order valence-corrected chi connectivity index (χ1v) is 12.0. The van der Waals surface area contributed by atoms with Gasteiger partial charge < -0.3 is 14.7 Å². The number of fused-ring (bicyclic) bond motifs is 2. The molecule has 0 bridgehead atoms. The van der Waals surface area contributed by atoms with Crippen LogP contribution in [-0.2, 0) is 36.2 Å². The van der Waals surface area contributed by atoms with E-state index in [0.717, 1.165) is 45.3 Å². The van der Waals surface area contributed by atoms with Crippen molar-refractivity contribution in [1.29, 1.82) is 0 Å². The van der Waals surface area contributed by atoms with Crippen LogP contribution in [0.1, 0.15) is 45.7 Å². The molecule has 1 aromatic heterocycles. The molecule has 1 aliphatic rings. The lowest BCUT2D eigenvalue weighted by Gasteiger charge is -2.29. The fraction of sp³-hybridized carbons (Fsp3) is 0.286. The van der Waals surface area contributed by atoms with E-state index in [4.69, 9.17) is 4.74 Å². The molecule has 0 radical (unpaired) electrons. The number of carbonyl (C=O) groups excluding carboxylic acids is 1. The third-order valence-electron chi connectivity index (χ3n) is 6.94. The molecule has 8 heteroatoms. The minimum atomic E-state index is -0.873. The number of aromatic nitrogens is 3. The summed E-state index contributed by atoms with van der Waals surface area (Å²) in [6, 6.07) is 19.6. The van der Waals surface area contributed by atoms with Crippen molar-refractivity contribution < 1.29 is 19.4 Å². The van der Waals surface area contributed by atoms with Gasteiger partial charge in [-0.05, 0) is 52.8 Å². The second kappa shape index (κ2) is 9.81. The normalized spacial score (nSPS) is 13.9. The first-order valence-electron chi connectivity index (χ1n) is 12.0. The third-order valence-corrected chi connectivity index (χ3v) is 6.94. The molecule has 4 aromatic rings. The lowest BCUT2D eigenvalue weighted by molar-refractivity contribution is -0.137. The van der Waals surface area contributed by atoms with Crippen LogP contribution in [0.15, 0.2) is 60.7 Å². The van der Waals surface area contributed by atoms with Crippen LogP contribution in [0.4, 0.5) is 4.79 Å². The topological polar surface area (TPSA) is 97.6 Å². The summed E-state index contributed by atoms with van der Waals surface area (Å²) in [7, 11) is 1.84.